The Morgan fingerprint density at radius 1 is 1.58 bits per heavy atom. The summed E-state index contributed by atoms with van der Waals surface area (Å²) in [6, 6.07) is 0. The van der Waals surface area contributed by atoms with Gasteiger partial charge in [-0.05, 0) is 12.5 Å². The molecule has 0 atom stereocenters. The van der Waals surface area contributed by atoms with Crippen molar-refractivity contribution in [2.45, 2.75) is 13.3 Å². The number of aryl methyl sites for hydroxylation is 1. The van der Waals surface area contributed by atoms with Crippen molar-refractivity contribution < 1.29 is 8.78 Å². The normalized spacial score (nSPS) is 10.8. The minimum absolute atomic E-state index is 0.0732. The molecule has 5 heteroatoms. The molecule has 66 valence electrons. The van der Waals surface area contributed by atoms with E-state index < -0.39 is 6.43 Å². The van der Waals surface area contributed by atoms with Crippen molar-refractivity contribution in [3.05, 3.63) is 22.5 Å². The maximum Gasteiger partial charge on any atom is 0.266 e. The molecule has 0 radical (unpaired) electrons. The number of nitrogens with zero attached hydrogens (tertiary/aromatic N) is 1. The fraction of sp³-hybridized carbons (Fsp3) is 0.286. The Morgan fingerprint density at radius 3 is 2.58 bits per heavy atom. The molecule has 0 saturated carbocycles. The molecule has 0 bridgehead atoms. The molecular formula is C7H7ClF2N2. The Labute approximate surface area is 73.4 Å². The van der Waals surface area contributed by atoms with E-state index in [0.29, 0.717) is 5.56 Å². The van der Waals surface area contributed by atoms with E-state index >= 15 is 0 Å². The van der Waals surface area contributed by atoms with Crippen LogP contribution in [-0.2, 0) is 0 Å². The van der Waals surface area contributed by atoms with E-state index in [1.54, 1.807) is 0 Å². The van der Waals surface area contributed by atoms with Crippen LogP contribution in [0.5, 0.6) is 0 Å². The first-order valence-electron chi connectivity index (χ1n) is 3.22. The quantitative estimate of drug-likeness (QED) is 0.695. The van der Waals surface area contributed by atoms with E-state index in [1.165, 1.54) is 13.1 Å². The Bertz CT molecular complexity index is 302. The van der Waals surface area contributed by atoms with Gasteiger partial charge in [0, 0.05) is 11.8 Å². The molecule has 1 aromatic rings. The summed E-state index contributed by atoms with van der Waals surface area (Å²) in [5, 5.41) is -0.0732. The molecule has 1 heterocycles. The molecule has 0 amide bonds. The number of halogens is 3. The second kappa shape index (κ2) is 3.23. The molecule has 0 aromatic carbocycles. The van der Waals surface area contributed by atoms with Gasteiger partial charge >= 0.3 is 0 Å². The lowest BCUT2D eigenvalue weighted by atomic mass is 10.1. The second-order valence-corrected chi connectivity index (χ2v) is 2.72. The molecular weight excluding hydrogens is 186 g/mol. The van der Waals surface area contributed by atoms with Gasteiger partial charge in [-0.2, -0.15) is 0 Å². The van der Waals surface area contributed by atoms with E-state index in [-0.39, 0.29) is 16.4 Å². The first kappa shape index (κ1) is 9.19. The van der Waals surface area contributed by atoms with Crippen LogP contribution in [-0.4, -0.2) is 4.98 Å². The standard InChI is InChI=1S/C7H7ClF2N2/c1-3-2-12-6(8)5(11)4(3)7(9)10/h2,7H,11H2,1H3. The SMILES string of the molecule is Cc1cnc(Cl)c(N)c1C(F)F. The van der Waals surface area contributed by atoms with E-state index in [1.807, 2.05) is 0 Å². The highest BCUT2D eigenvalue weighted by atomic mass is 35.5. The number of hydrogen-bond donors (Lipinski definition) is 1. The summed E-state index contributed by atoms with van der Waals surface area (Å²) in [5.41, 5.74) is 5.30. The van der Waals surface area contributed by atoms with Crippen molar-refractivity contribution in [1.29, 1.82) is 0 Å². The molecule has 0 unspecified atom stereocenters. The molecule has 0 saturated heterocycles. The fourth-order valence-corrected chi connectivity index (χ4v) is 1.06. The number of nitrogen functional groups attached to an aromatic ring is 1. The lowest BCUT2D eigenvalue weighted by Gasteiger charge is -2.08. The smallest absolute Gasteiger partial charge is 0.266 e. The number of alkyl halides is 2. The molecule has 0 aliphatic heterocycles. The van der Waals surface area contributed by atoms with Gasteiger partial charge in [-0.25, -0.2) is 13.8 Å². The third kappa shape index (κ3) is 1.48. The lowest BCUT2D eigenvalue weighted by molar-refractivity contribution is 0.151. The Morgan fingerprint density at radius 2 is 2.17 bits per heavy atom. The second-order valence-electron chi connectivity index (χ2n) is 2.36. The monoisotopic (exact) mass is 192 g/mol. The van der Waals surface area contributed by atoms with Gasteiger partial charge in [-0.15, -0.1) is 0 Å². The zero-order valence-corrected chi connectivity index (χ0v) is 7.07. The van der Waals surface area contributed by atoms with Crippen molar-refractivity contribution in [2.75, 3.05) is 5.73 Å². The number of rotatable bonds is 1. The van der Waals surface area contributed by atoms with Crippen molar-refractivity contribution in [3.63, 3.8) is 0 Å². The highest BCUT2D eigenvalue weighted by Gasteiger charge is 2.16. The van der Waals surface area contributed by atoms with Gasteiger partial charge in [0.15, 0.2) is 5.15 Å². The number of nitrogens with two attached hydrogens (primary N) is 1. The van der Waals surface area contributed by atoms with E-state index in [0.717, 1.165) is 0 Å². The average molecular weight is 193 g/mol. The van der Waals surface area contributed by atoms with Crippen LogP contribution in [0.15, 0.2) is 6.20 Å². The Kier molecular flexibility index (Phi) is 2.47. The predicted octanol–water partition coefficient (Wildman–Crippen LogP) is 2.56. The summed E-state index contributed by atoms with van der Waals surface area (Å²) >= 11 is 5.46. The zero-order valence-electron chi connectivity index (χ0n) is 6.31. The highest BCUT2D eigenvalue weighted by Crippen LogP contribution is 2.31. The van der Waals surface area contributed by atoms with Gasteiger partial charge in [-0.3, -0.25) is 0 Å². The molecule has 2 nitrogen and oxygen atoms in total. The van der Waals surface area contributed by atoms with Gasteiger partial charge in [0.2, 0.25) is 0 Å². The third-order valence-electron chi connectivity index (χ3n) is 1.53. The topological polar surface area (TPSA) is 38.9 Å². The minimum atomic E-state index is -2.61. The molecule has 0 aliphatic carbocycles. The van der Waals surface area contributed by atoms with Crippen molar-refractivity contribution in [1.82, 2.24) is 4.98 Å². The Balaban J connectivity index is 3.33. The molecule has 1 rings (SSSR count). The fourth-order valence-electron chi connectivity index (χ4n) is 0.906. The van der Waals surface area contributed by atoms with Gasteiger partial charge in [-0.1, -0.05) is 11.6 Å². The van der Waals surface area contributed by atoms with Crippen molar-refractivity contribution in [3.8, 4) is 0 Å². The van der Waals surface area contributed by atoms with Gasteiger partial charge in [0.05, 0.1) is 5.69 Å². The molecule has 0 spiro atoms. The summed E-state index contributed by atoms with van der Waals surface area (Å²) in [7, 11) is 0. The lowest BCUT2D eigenvalue weighted by Crippen LogP contribution is -2.00. The maximum absolute atomic E-state index is 12.3. The number of pyridine rings is 1. The van der Waals surface area contributed by atoms with Crippen molar-refractivity contribution >= 4 is 17.3 Å². The van der Waals surface area contributed by atoms with Crippen LogP contribution in [0.3, 0.4) is 0 Å². The van der Waals surface area contributed by atoms with Crippen LogP contribution in [0.4, 0.5) is 14.5 Å². The Hall–Kier alpha value is -0.900. The van der Waals surface area contributed by atoms with Crippen molar-refractivity contribution in [2.24, 2.45) is 0 Å². The predicted molar refractivity (Wildman–Crippen MR) is 43.4 cm³/mol. The molecule has 1 aromatic heterocycles. The van der Waals surface area contributed by atoms with Crippen LogP contribution >= 0.6 is 11.6 Å². The molecule has 0 fully saturated rings. The largest absolute Gasteiger partial charge is 0.396 e. The summed E-state index contributed by atoms with van der Waals surface area (Å²) < 4.78 is 24.6. The summed E-state index contributed by atoms with van der Waals surface area (Å²) in [6.45, 7) is 1.52. The third-order valence-corrected chi connectivity index (χ3v) is 1.83. The van der Waals surface area contributed by atoms with E-state index in [4.69, 9.17) is 17.3 Å². The minimum Gasteiger partial charge on any atom is -0.396 e. The highest BCUT2D eigenvalue weighted by molar-refractivity contribution is 6.32. The van der Waals surface area contributed by atoms with E-state index in [2.05, 4.69) is 4.98 Å². The number of hydrogen-bond acceptors (Lipinski definition) is 2. The molecule has 12 heavy (non-hydrogen) atoms. The van der Waals surface area contributed by atoms with Crippen LogP contribution in [0.1, 0.15) is 17.6 Å². The molecule has 0 aliphatic rings. The summed E-state index contributed by atoms with van der Waals surface area (Å²) in [5.74, 6) is 0. The molecule has 2 N–H and O–H groups in total. The first-order chi connectivity index (χ1) is 5.54. The van der Waals surface area contributed by atoms with Gasteiger partial charge in [0.25, 0.3) is 6.43 Å². The maximum atomic E-state index is 12.3. The summed E-state index contributed by atoms with van der Waals surface area (Å²) in [4.78, 5) is 3.63. The van der Waals surface area contributed by atoms with Crippen LogP contribution < -0.4 is 5.73 Å². The summed E-state index contributed by atoms with van der Waals surface area (Å²) in [6.07, 6.45) is -1.33. The number of aromatic nitrogens is 1. The first-order valence-corrected chi connectivity index (χ1v) is 3.60. The van der Waals surface area contributed by atoms with Crippen LogP contribution in [0.25, 0.3) is 0 Å². The van der Waals surface area contributed by atoms with Crippen LogP contribution in [0.2, 0.25) is 5.15 Å². The van der Waals surface area contributed by atoms with Crippen LogP contribution in [0, 0.1) is 6.92 Å². The van der Waals surface area contributed by atoms with E-state index in [9.17, 15) is 8.78 Å². The van der Waals surface area contributed by atoms with Gasteiger partial charge < -0.3 is 5.73 Å². The number of anilines is 1. The zero-order chi connectivity index (χ0) is 9.30. The van der Waals surface area contributed by atoms with Gasteiger partial charge in [0.1, 0.15) is 0 Å². The average Bonchev–Trinajstić information content (AvgIpc) is 1.97.